The summed E-state index contributed by atoms with van der Waals surface area (Å²) in [4.78, 5) is 16.1. The zero-order valence-corrected chi connectivity index (χ0v) is 13.4. The van der Waals surface area contributed by atoms with Crippen LogP contribution in [0.3, 0.4) is 0 Å². The number of ether oxygens (including phenoxy) is 1. The van der Waals surface area contributed by atoms with Gasteiger partial charge in [0.25, 0.3) is 5.91 Å². The van der Waals surface area contributed by atoms with Crippen molar-refractivity contribution in [3.8, 4) is 5.75 Å². The molecular weight excluding hydrogens is 306 g/mol. The monoisotopic (exact) mass is 323 g/mol. The van der Waals surface area contributed by atoms with Gasteiger partial charge in [-0.25, -0.2) is 4.98 Å². The van der Waals surface area contributed by atoms with E-state index in [1.165, 1.54) is 6.26 Å². The average molecular weight is 323 g/mol. The van der Waals surface area contributed by atoms with Gasteiger partial charge in [-0.3, -0.25) is 4.79 Å². The highest BCUT2D eigenvalue weighted by Crippen LogP contribution is 2.28. The van der Waals surface area contributed by atoms with E-state index in [9.17, 15) is 4.79 Å². The fourth-order valence-electron chi connectivity index (χ4n) is 2.20. The fraction of sp³-hybridized carbons (Fsp3) is 0.111. The molecule has 24 heavy (non-hydrogen) atoms. The number of aromatic nitrogens is 1. The van der Waals surface area contributed by atoms with Gasteiger partial charge in [-0.05, 0) is 48.9 Å². The van der Waals surface area contributed by atoms with Crippen LogP contribution < -0.4 is 15.4 Å². The van der Waals surface area contributed by atoms with Gasteiger partial charge in [0.2, 0.25) is 0 Å². The summed E-state index contributed by atoms with van der Waals surface area (Å²) in [6.07, 6.45) is 3.09. The molecule has 0 unspecified atom stereocenters. The molecule has 2 aromatic heterocycles. The third kappa shape index (κ3) is 3.55. The van der Waals surface area contributed by atoms with Crippen molar-refractivity contribution in [3.05, 3.63) is 66.2 Å². The molecule has 0 aliphatic rings. The number of hydrogen-bond donors (Lipinski definition) is 2. The van der Waals surface area contributed by atoms with E-state index < -0.39 is 0 Å². The molecule has 0 fully saturated rings. The van der Waals surface area contributed by atoms with Gasteiger partial charge in [0.05, 0.1) is 30.9 Å². The summed E-state index contributed by atoms with van der Waals surface area (Å²) in [5, 5.41) is 5.92. The normalized spacial score (nSPS) is 10.2. The molecule has 1 aromatic carbocycles. The largest absolute Gasteiger partial charge is 0.495 e. The van der Waals surface area contributed by atoms with Crippen LogP contribution in [-0.2, 0) is 0 Å². The molecule has 0 bridgehead atoms. The molecule has 6 heteroatoms. The molecule has 3 rings (SSSR count). The summed E-state index contributed by atoms with van der Waals surface area (Å²) in [6, 6.07) is 12.7. The van der Waals surface area contributed by atoms with Gasteiger partial charge in [-0.1, -0.05) is 6.07 Å². The second-order valence-corrected chi connectivity index (χ2v) is 5.19. The van der Waals surface area contributed by atoms with Crippen LogP contribution in [0.25, 0.3) is 0 Å². The number of anilines is 3. The topological polar surface area (TPSA) is 76.4 Å². The number of aryl methyl sites for hydroxylation is 1. The summed E-state index contributed by atoms with van der Waals surface area (Å²) in [6.45, 7) is 2.01. The molecular formula is C18H17N3O3. The molecule has 0 aliphatic heterocycles. The second kappa shape index (κ2) is 6.87. The van der Waals surface area contributed by atoms with Crippen LogP contribution in [-0.4, -0.2) is 18.0 Å². The van der Waals surface area contributed by atoms with Crippen molar-refractivity contribution in [2.45, 2.75) is 6.92 Å². The highest BCUT2D eigenvalue weighted by molar-refractivity contribution is 6.01. The van der Waals surface area contributed by atoms with Crippen LogP contribution in [0.4, 0.5) is 17.2 Å². The third-order valence-electron chi connectivity index (χ3n) is 3.38. The number of furan rings is 1. The van der Waals surface area contributed by atoms with E-state index in [-0.39, 0.29) is 11.7 Å². The minimum absolute atomic E-state index is 0.239. The number of methoxy groups -OCH3 is 1. The second-order valence-electron chi connectivity index (χ2n) is 5.19. The van der Waals surface area contributed by atoms with Crippen LogP contribution in [0.5, 0.6) is 5.75 Å². The van der Waals surface area contributed by atoms with E-state index in [2.05, 4.69) is 15.6 Å². The van der Waals surface area contributed by atoms with Gasteiger partial charge in [0, 0.05) is 0 Å². The third-order valence-corrected chi connectivity index (χ3v) is 3.38. The van der Waals surface area contributed by atoms with Gasteiger partial charge in [-0.15, -0.1) is 0 Å². The number of rotatable bonds is 5. The minimum atomic E-state index is -0.339. The summed E-state index contributed by atoms with van der Waals surface area (Å²) >= 11 is 0. The number of amides is 1. The molecule has 6 nitrogen and oxygen atoms in total. The average Bonchev–Trinajstić information content (AvgIpc) is 3.11. The van der Waals surface area contributed by atoms with Crippen molar-refractivity contribution >= 4 is 23.1 Å². The van der Waals surface area contributed by atoms with Gasteiger partial charge >= 0.3 is 0 Å². The molecule has 0 atom stereocenters. The van der Waals surface area contributed by atoms with Crippen molar-refractivity contribution < 1.29 is 13.9 Å². The molecule has 0 radical (unpaired) electrons. The number of benzene rings is 1. The number of hydrogen-bond acceptors (Lipinski definition) is 5. The minimum Gasteiger partial charge on any atom is -0.495 e. The Morgan fingerprint density at radius 1 is 1.21 bits per heavy atom. The number of nitrogens with zero attached hydrogens (tertiary/aromatic N) is 1. The molecule has 2 N–H and O–H groups in total. The molecule has 0 saturated carbocycles. The Kier molecular flexibility index (Phi) is 4.47. The quantitative estimate of drug-likeness (QED) is 0.742. The Morgan fingerprint density at radius 2 is 2.08 bits per heavy atom. The van der Waals surface area contributed by atoms with Crippen molar-refractivity contribution in [2.75, 3.05) is 17.7 Å². The smallest absolute Gasteiger partial charge is 0.292 e. The van der Waals surface area contributed by atoms with E-state index in [1.807, 2.05) is 31.2 Å². The van der Waals surface area contributed by atoms with E-state index in [4.69, 9.17) is 9.15 Å². The van der Waals surface area contributed by atoms with E-state index in [1.54, 1.807) is 31.5 Å². The fourth-order valence-corrected chi connectivity index (χ4v) is 2.20. The first-order valence-electron chi connectivity index (χ1n) is 7.38. The molecule has 0 aliphatic carbocycles. The summed E-state index contributed by atoms with van der Waals surface area (Å²) in [5.41, 5.74) is 2.76. The highest BCUT2D eigenvalue weighted by Gasteiger charge is 2.09. The summed E-state index contributed by atoms with van der Waals surface area (Å²) < 4.78 is 10.4. The molecule has 122 valence electrons. The zero-order chi connectivity index (χ0) is 16.9. The Morgan fingerprint density at radius 3 is 2.75 bits per heavy atom. The number of pyridine rings is 1. The SMILES string of the molecule is COc1ccc(C)cc1Nc1ccc(NC(=O)c2ccco2)nc1. The first kappa shape index (κ1) is 15.6. The maximum Gasteiger partial charge on any atom is 0.292 e. The van der Waals surface area contributed by atoms with Crippen LogP contribution in [0.2, 0.25) is 0 Å². The van der Waals surface area contributed by atoms with E-state index in [0.29, 0.717) is 5.82 Å². The molecule has 1 amide bonds. The molecule has 3 aromatic rings. The Labute approximate surface area is 139 Å². The van der Waals surface area contributed by atoms with Crippen molar-refractivity contribution in [1.29, 1.82) is 0 Å². The lowest BCUT2D eigenvalue weighted by molar-refractivity contribution is 0.0996. The Balaban J connectivity index is 1.71. The maximum absolute atomic E-state index is 11.9. The maximum atomic E-state index is 11.9. The lowest BCUT2D eigenvalue weighted by atomic mass is 10.2. The molecule has 2 heterocycles. The van der Waals surface area contributed by atoms with E-state index >= 15 is 0 Å². The highest BCUT2D eigenvalue weighted by atomic mass is 16.5. The first-order chi connectivity index (χ1) is 11.7. The zero-order valence-electron chi connectivity index (χ0n) is 13.4. The van der Waals surface area contributed by atoms with Crippen molar-refractivity contribution in [3.63, 3.8) is 0 Å². The predicted molar refractivity (Wildman–Crippen MR) is 91.9 cm³/mol. The van der Waals surface area contributed by atoms with Crippen LogP contribution in [0.15, 0.2) is 59.3 Å². The number of carbonyl (C=O) groups excluding carboxylic acids is 1. The van der Waals surface area contributed by atoms with Gasteiger partial charge in [-0.2, -0.15) is 0 Å². The van der Waals surface area contributed by atoms with Crippen LogP contribution >= 0.6 is 0 Å². The lowest BCUT2D eigenvalue weighted by Crippen LogP contribution is -2.11. The van der Waals surface area contributed by atoms with Crippen LogP contribution in [0.1, 0.15) is 16.1 Å². The van der Waals surface area contributed by atoms with Crippen LogP contribution in [0, 0.1) is 6.92 Å². The Bertz CT molecular complexity index is 827. The van der Waals surface area contributed by atoms with Gasteiger partial charge in [0.15, 0.2) is 5.76 Å². The molecule has 0 spiro atoms. The number of carbonyl (C=O) groups is 1. The van der Waals surface area contributed by atoms with E-state index in [0.717, 1.165) is 22.7 Å². The predicted octanol–water partition coefficient (Wildman–Crippen LogP) is 3.99. The lowest BCUT2D eigenvalue weighted by Gasteiger charge is -2.12. The Hall–Kier alpha value is -3.28. The van der Waals surface area contributed by atoms with Gasteiger partial charge < -0.3 is 19.8 Å². The standard InChI is InChI=1S/C18H17N3O3/c1-12-5-7-15(23-2)14(10-12)20-13-6-8-17(19-11-13)21-18(22)16-4-3-9-24-16/h3-11,20H,1-2H3,(H,19,21,22). The molecule has 0 saturated heterocycles. The number of nitrogens with one attached hydrogen (secondary N) is 2. The first-order valence-corrected chi connectivity index (χ1v) is 7.38. The van der Waals surface area contributed by atoms with Gasteiger partial charge in [0.1, 0.15) is 11.6 Å². The summed E-state index contributed by atoms with van der Waals surface area (Å²) in [7, 11) is 1.63. The van der Waals surface area contributed by atoms with Crippen molar-refractivity contribution in [1.82, 2.24) is 4.98 Å². The van der Waals surface area contributed by atoms with Crippen molar-refractivity contribution in [2.24, 2.45) is 0 Å². The summed E-state index contributed by atoms with van der Waals surface area (Å²) in [5.74, 6) is 1.09.